The number of thioether (sulfide) groups is 1. The van der Waals surface area contributed by atoms with Gasteiger partial charge in [-0.1, -0.05) is 53.2 Å². The van der Waals surface area contributed by atoms with E-state index in [-0.39, 0.29) is 11.7 Å². The SMILES string of the molecule is CC(C(=O)N1CSCC1C(=O)O)C(Br)C(=O)c1ccccc1. The number of ketones is 1. The predicted octanol–water partition coefficient (Wildman–Crippen LogP) is 2.25. The number of carboxylic acid groups (broad SMARTS) is 1. The monoisotopic (exact) mass is 385 g/mol. The Morgan fingerprint density at radius 1 is 1.32 bits per heavy atom. The molecule has 3 unspecified atom stereocenters. The van der Waals surface area contributed by atoms with E-state index in [0.717, 1.165) is 0 Å². The molecular weight excluding hydrogens is 370 g/mol. The third kappa shape index (κ3) is 3.52. The lowest BCUT2D eigenvalue weighted by Crippen LogP contribution is -2.46. The van der Waals surface area contributed by atoms with Gasteiger partial charge in [0.15, 0.2) is 5.78 Å². The fourth-order valence-corrected chi connectivity index (χ4v) is 3.89. The molecule has 2 rings (SSSR count). The Labute approximate surface area is 141 Å². The van der Waals surface area contributed by atoms with E-state index in [9.17, 15) is 14.4 Å². The third-order valence-corrected chi connectivity index (χ3v) is 5.81. The first-order valence-corrected chi connectivity index (χ1v) is 8.85. The molecule has 0 spiro atoms. The number of amides is 1. The first-order chi connectivity index (χ1) is 10.4. The van der Waals surface area contributed by atoms with Gasteiger partial charge in [0, 0.05) is 11.3 Å². The van der Waals surface area contributed by atoms with Crippen LogP contribution in [0.2, 0.25) is 0 Å². The molecule has 1 aromatic carbocycles. The van der Waals surface area contributed by atoms with Gasteiger partial charge in [-0.2, -0.15) is 0 Å². The van der Waals surface area contributed by atoms with Crippen molar-refractivity contribution in [2.75, 3.05) is 11.6 Å². The summed E-state index contributed by atoms with van der Waals surface area (Å²) in [6, 6.07) is 7.91. The van der Waals surface area contributed by atoms with Crippen molar-refractivity contribution in [3.05, 3.63) is 35.9 Å². The molecule has 1 fully saturated rings. The van der Waals surface area contributed by atoms with Gasteiger partial charge in [-0.25, -0.2) is 4.79 Å². The number of hydrogen-bond acceptors (Lipinski definition) is 4. The largest absolute Gasteiger partial charge is 0.480 e. The van der Waals surface area contributed by atoms with Gasteiger partial charge in [0.1, 0.15) is 6.04 Å². The van der Waals surface area contributed by atoms with Gasteiger partial charge >= 0.3 is 5.97 Å². The summed E-state index contributed by atoms with van der Waals surface area (Å²) in [4.78, 5) is 36.7. The van der Waals surface area contributed by atoms with E-state index >= 15 is 0 Å². The van der Waals surface area contributed by atoms with E-state index < -0.39 is 22.8 Å². The number of hydrogen-bond donors (Lipinski definition) is 1. The van der Waals surface area contributed by atoms with E-state index in [2.05, 4.69) is 15.9 Å². The van der Waals surface area contributed by atoms with Crippen LogP contribution in [0.15, 0.2) is 30.3 Å². The maximum atomic E-state index is 12.5. The quantitative estimate of drug-likeness (QED) is 0.621. The van der Waals surface area contributed by atoms with Gasteiger partial charge in [-0.05, 0) is 0 Å². The highest BCUT2D eigenvalue weighted by Gasteiger charge is 2.39. The van der Waals surface area contributed by atoms with Crippen molar-refractivity contribution in [1.29, 1.82) is 0 Å². The highest BCUT2D eigenvalue weighted by atomic mass is 79.9. The van der Waals surface area contributed by atoms with E-state index in [0.29, 0.717) is 17.2 Å². The van der Waals surface area contributed by atoms with Crippen LogP contribution < -0.4 is 0 Å². The van der Waals surface area contributed by atoms with Crippen LogP contribution in [0.5, 0.6) is 0 Å². The maximum absolute atomic E-state index is 12.5. The van der Waals surface area contributed by atoms with Gasteiger partial charge in [0.25, 0.3) is 0 Å². The number of alkyl halides is 1. The lowest BCUT2D eigenvalue weighted by atomic mass is 9.98. The number of halogens is 1. The standard InChI is InChI=1S/C15H16BrNO4S/c1-9(12(16)13(18)10-5-3-2-4-6-10)14(19)17-8-22-7-11(17)15(20)21/h2-6,9,11-12H,7-8H2,1H3,(H,20,21). The van der Waals surface area contributed by atoms with E-state index in [1.165, 1.54) is 16.7 Å². The predicted molar refractivity (Wildman–Crippen MR) is 88.2 cm³/mol. The summed E-state index contributed by atoms with van der Waals surface area (Å²) in [5.41, 5.74) is 0.523. The van der Waals surface area contributed by atoms with Gasteiger partial charge in [0.05, 0.1) is 16.6 Å². The Bertz CT molecular complexity index is 580. The van der Waals surface area contributed by atoms with Gasteiger partial charge < -0.3 is 10.0 Å². The molecule has 1 aromatic rings. The van der Waals surface area contributed by atoms with Crippen molar-refractivity contribution in [2.45, 2.75) is 17.8 Å². The maximum Gasteiger partial charge on any atom is 0.327 e. The van der Waals surface area contributed by atoms with E-state index in [4.69, 9.17) is 5.11 Å². The molecule has 0 radical (unpaired) electrons. The van der Waals surface area contributed by atoms with Crippen molar-refractivity contribution in [3.63, 3.8) is 0 Å². The Balaban J connectivity index is 2.10. The minimum Gasteiger partial charge on any atom is -0.480 e. The van der Waals surface area contributed by atoms with Crippen LogP contribution in [-0.4, -0.2) is 50.2 Å². The molecule has 1 aliphatic rings. The highest BCUT2D eigenvalue weighted by Crippen LogP contribution is 2.27. The van der Waals surface area contributed by atoms with Gasteiger partial charge in [0.2, 0.25) is 5.91 Å². The normalized spacial score (nSPS) is 20.5. The molecule has 118 valence electrons. The fraction of sp³-hybridized carbons (Fsp3) is 0.400. The Morgan fingerprint density at radius 2 is 1.95 bits per heavy atom. The molecule has 0 bridgehead atoms. The van der Waals surface area contributed by atoms with Crippen molar-refractivity contribution in [2.24, 2.45) is 5.92 Å². The number of benzene rings is 1. The summed E-state index contributed by atoms with van der Waals surface area (Å²) >= 11 is 4.70. The summed E-state index contributed by atoms with van der Waals surface area (Å²) in [7, 11) is 0. The number of rotatable bonds is 5. The summed E-state index contributed by atoms with van der Waals surface area (Å²) < 4.78 is 0. The van der Waals surface area contributed by atoms with Gasteiger partial charge in [-0.15, -0.1) is 11.8 Å². The second-order valence-electron chi connectivity index (χ2n) is 5.08. The van der Waals surface area contributed by atoms with Crippen LogP contribution in [0.4, 0.5) is 0 Å². The minimum absolute atomic E-state index is 0.180. The summed E-state index contributed by atoms with van der Waals surface area (Å²) in [6.07, 6.45) is 0. The van der Waals surface area contributed by atoms with Crippen LogP contribution in [-0.2, 0) is 9.59 Å². The smallest absolute Gasteiger partial charge is 0.327 e. The number of carboxylic acids is 1. The second-order valence-corrected chi connectivity index (χ2v) is 7.07. The van der Waals surface area contributed by atoms with Crippen LogP contribution in [0, 0.1) is 5.92 Å². The van der Waals surface area contributed by atoms with Crippen LogP contribution in [0.25, 0.3) is 0 Å². The lowest BCUT2D eigenvalue weighted by molar-refractivity contribution is -0.149. The molecule has 1 aliphatic heterocycles. The highest BCUT2D eigenvalue weighted by molar-refractivity contribution is 9.10. The lowest BCUT2D eigenvalue weighted by Gasteiger charge is -2.26. The molecule has 0 aromatic heterocycles. The van der Waals surface area contributed by atoms with E-state index in [1.807, 2.05) is 6.07 Å². The summed E-state index contributed by atoms with van der Waals surface area (Å²) in [6.45, 7) is 1.64. The Morgan fingerprint density at radius 3 is 2.55 bits per heavy atom. The molecule has 1 heterocycles. The minimum atomic E-state index is -1.01. The number of Topliss-reactive ketones (excluding diaryl/α,β-unsaturated/α-hetero) is 1. The second kappa shape index (κ2) is 7.28. The van der Waals surface area contributed by atoms with Crippen molar-refractivity contribution in [3.8, 4) is 0 Å². The van der Waals surface area contributed by atoms with Crippen LogP contribution in [0.1, 0.15) is 17.3 Å². The Hall–Kier alpha value is -1.34. The molecular formula is C15H16BrNO4S. The first kappa shape index (κ1) is 17.0. The number of aliphatic carboxylic acids is 1. The Kier molecular flexibility index (Phi) is 5.63. The number of nitrogens with zero attached hydrogens (tertiary/aromatic N) is 1. The average Bonchev–Trinajstić information content (AvgIpc) is 3.02. The first-order valence-electron chi connectivity index (χ1n) is 6.78. The zero-order chi connectivity index (χ0) is 16.3. The number of carbonyl (C=O) groups is 3. The van der Waals surface area contributed by atoms with Gasteiger partial charge in [-0.3, -0.25) is 9.59 Å². The fourth-order valence-electron chi connectivity index (χ4n) is 2.24. The molecule has 5 nitrogen and oxygen atoms in total. The molecule has 7 heteroatoms. The summed E-state index contributed by atoms with van der Waals surface area (Å²) in [5.74, 6) is -1.41. The van der Waals surface area contributed by atoms with Crippen LogP contribution in [0.3, 0.4) is 0 Å². The molecule has 0 saturated carbocycles. The molecule has 3 atom stereocenters. The van der Waals surface area contributed by atoms with Crippen LogP contribution >= 0.6 is 27.7 Å². The zero-order valence-corrected chi connectivity index (χ0v) is 14.3. The van der Waals surface area contributed by atoms with Crippen molar-refractivity contribution in [1.82, 2.24) is 4.90 Å². The molecule has 22 heavy (non-hydrogen) atoms. The topological polar surface area (TPSA) is 74.7 Å². The molecule has 1 saturated heterocycles. The summed E-state index contributed by atoms with van der Waals surface area (Å²) in [5, 5.41) is 9.15. The zero-order valence-electron chi connectivity index (χ0n) is 11.9. The molecule has 0 aliphatic carbocycles. The molecule has 1 N–H and O–H groups in total. The average molecular weight is 386 g/mol. The van der Waals surface area contributed by atoms with E-state index in [1.54, 1.807) is 31.2 Å². The number of carbonyl (C=O) groups excluding carboxylic acids is 2. The molecule has 1 amide bonds. The van der Waals surface area contributed by atoms with Crippen molar-refractivity contribution >= 4 is 45.4 Å². The third-order valence-electron chi connectivity index (χ3n) is 3.59. The van der Waals surface area contributed by atoms with Crippen molar-refractivity contribution < 1.29 is 19.5 Å².